The third-order valence-electron chi connectivity index (χ3n) is 4.54. The fraction of sp³-hybridized carbons (Fsp3) is 1.00. The molecule has 4 atom stereocenters. The van der Waals surface area contributed by atoms with Crippen molar-refractivity contribution in [2.45, 2.75) is 58.0 Å². The summed E-state index contributed by atoms with van der Waals surface area (Å²) < 4.78 is 0. The second-order valence-corrected chi connectivity index (χ2v) is 5.75. The maximum atomic E-state index is 6.08. The first-order chi connectivity index (χ1) is 7.18. The van der Waals surface area contributed by atoms with Gasteiger partial charge >= 0.3 is 0 Å². The highest BCUT2D eigenvalue weighted by Gasteiger charge is 2.31. The molecule has 0 amide bonds. The standard InChI is InChI=1S/C13H26N2/c1-10-5-3-4-6-13(10)15-8-7-12(14)11(2)9-15/h10-13H,3-9,14H2,1-2H3. The molecule has 88 valence electrons. The van der Waals surface area contributed by atoms with Crippen LogP contribution in [0.3, 0.4) is 0 Å². The zero-order valence-electron chi connectivity index (χ0n) is 10.3. The highest BCUT2D eigenvalue weighted by molar-refractivity contribution is 4.87. The van der Waals surface area contributed by atoms with Gasteiger partial charge in [-0.2, -0.15) is 0 Å². The van der Waals surface area contributed by atoms with E-state index in [9.17, 15) is 0 Å². The topological polar surface area (TPSA) is 29.3 Å². The Bertz CT molecular complexity index is 205. The van der Waals surface area contributed by atoms with E-state index >= 15 is 0 Å². The molecule has 2 N–H and O–H groups in total. The molecular formula is C13H26N2. The Morgan fingerprint density at radius 2 is 1.73 bits per heavy atom. The van der Waals surface area contributed by atoms with Gasteiger partial charge in [0.05, 0.1) is 0 Å². The Hall–Kier alpha value is -0.0800. The lowest BCUT2D eigenvalue weighted by Crippen LogP contribution is -2.52. The number of nitrogens with zero attached hydrogens (tertiary/aromatic N) is 1. The highest BCUT2D eigenvalue weighted by atomic mass is 15.2. The lowest BCUT2D eigenvalue weighted by Gasteiger charge is -2.44. The molecule has 4 unspecified atom stereocenters. The van der Waals surface area contributed by atoms with Gasteiger partial charge in [-0.05, 0) is 37.6 Å². The summed E-state index contributed by atoms with van der Waals surface area (Å²) in [5.41, 5.74) is 6.08. The van der Waals surface area contributed by atoms with E-state index in [-0.39, 0.29) is 0 Å². The van der Waals surface area contributed by atoms with E-state index in [1.54, 1.807) is 0 Å². The number of hydrogen-bond donors (Lipinski definition) is 1. The zero-order chi connectivity index (χ0) is 10.8. The maximum absolute atomic E-state index is 6.08. The monoisotopic (exact) mass is 210 g/mol. The van der Waals surface area contributed by atoms with Gasteiger partial charge in [0, 0.05) is 18.6 Å². The number of hydrogen-bond acceptors (Lipinski definition) is 2. The Kier molecular flexibility index (Phi) is 3.68. The van der Waals surface area contributed by atoms with Crippen LogP contribution in [0.5, 0.6) is 0 Å². The minimum Gasteiger partial charge on any atom is -0.327 e. The van der Waals surface area contributed by atoms with E-state index in [4.69, 9.17) is 5.73 Å². The summed E-state index contributed by atoms with van der Waals surface area (Å²) in [5.74, 6) is 1.59. The minimum atomic E-state index is 0.445. The van der Waals surface area contributed by atoms with Crippen LogP contribution in [-0.4, -0.2) is 30.1 Å². The zero-order valence-corrected chi connectivity index (χ0v) is 10.3. The molecule has 0 radical (unpaired) electrons. The van der Waals surface area contributed by atoms with Crippen LogP contribution < -0.4 is 5.73 Å². The van der Waals surface area contributed by atoms with Crippen LogP contribution in [0.15, 0.2) is 0 Å². The Morgan fingerprint density at radius 3 is 2.40 bits per heavy atom. The fourth-order valence-corrected chi connectivity index (χ4v) is 3.34. The summed E-state index contributed by atoms with van der Waals surface area (Å²) in [6, 6.07) is 1.30. The molecule has 1 heterocycles. The lowest BCUT2D eigenvalue weighted by molar-refractivity contribution is 0.0636. The van der Waals surface area contributed by atoms with Gasteiger partial charge in [0.15, 0.2) is 0 Å². The van der Waals surface area contributed by atoms with Gasteiger partial charge in [-0.15, -0.1) is 0 Å². The van der Waals surface area contributed by atoms with Crippen molar-refractivity contribution in [1.82, 2.24) is 4.90 Å². The summed E-state index contributed by atoms with van der Waals surface area (Å²) >= 11 is 0. The Labute approximate surface area is 94.2 Å². The van der Waals surface area contributed by atoms with Gasteiger partial charge in [-0.1, -0.05) is 26.7 Å². The van der Waals surface area contributed by atoms with Gasteiger partial charge in [0.1, 0.15) is 0 Å². The summed E-state index contributed by atoms with van der Waals surface area (Å²) in [5, 5.41) is 0. The third-order valence-corrected chi connectivity index (χ3v) is 4.54. The van der Waals surface area contributed by atoms with Crippen molar-refractivity contribution in [1.29, 1.82) is 0 Å². The second kappa shape index (κ2) is 4.84. The molecule has 2 heteroatoms. The van der Waals surface area contributed by atoms with Crippen molar-refractivity contribution in [3.63, 3.8) is 0 Å². The van der Waals surface area contributed by atoms with Crippen LogP contribution in [0.4, 0.5) is 0 Å². The van der Waals surface area contributed by atoms with Crippen molar-refractivity contribution in [3.8, 4) is 0 Å². The average molecular weight is 210 g/mol. The molecule has 2 rings (SSSR count). The van der Waals surface area contributed by atoms with Crippen LogP contribution in [0.25, 0.3) is 0 Å². The van der Waals surface area contributed by atoms with Crippen LogP contribution in [0.1, 0.15) is 46.0 Å². The molecule has 1 aliphatic carbocycles. The molecule has 0 bridgehead atoms. The van der Waals surface area contributed by atoms with Crippen molar-refractivity contribution < 1.29 is 0 Å². The van der Waals surface area contributed by atoms with E-state index in [2.05, 4.69) is 18.7 Å². The molecule has 2 fully saturated rings. The largest absolute Gasteiger partial charge is 0.327 e. The molecule has 2 nitrogen and oxygen atoms in total. The predicted octanol–water partition coefficient (Wildman–Crippen LogP) is 2.23. The summed E-state index contributed by atoms with van der Waals surface area (Å²) in [6.07, 6.45) is 6.93. The van der Waals surface area contributed by atoms with E-state index in [0.29, 0.717) is 12.0 Å². The number of piperidine rings is 1. The molecule has 0 aromatic rings. The van der Waals surface area contributed by atoms with Gasteiger partial charge < -0.3 is 5.73 Å². The van der Waals surface area contributed by atoms with E-state index in [1.165, 1.54) is 45.2 Å². The first-order valence-electron chi connectivity index (χ1n) is 6.68. The maximum Gasteiger partial charge on any atom is 0.0121 e. The van der Waals surface area contributed by atoms with Gasteiger partial charge in [-0.25, -0.2) is 0 Å². The van der Waals surface area contributed by atoms with Gasteiger partial charge in [0.2, 0.25) is 0 Å². The summed E-state index contributed by atoms with van der Waals surface area (Å²) in [7, 11) is 0. The Balaban J connectivity index is 1.92. The Morgan fingerprint density at radius 1 is 1.00 bits per heavy atom. The molecule has 1 aliphatic heterocycles. The first-order valence-corrected chi connectivity index (χ1v) is 6.68. The van der Waals surface area contributed by atoms with Crippen LogP contribution in [0, 0.1) is 11.8 Å². The number of nitrogens with two attached hydrogens (primary N) is 1. The average Bonchev–Trinajstić information content (AvgIpc) is 2.23. The van der Waals surface area contributed by atoms with Crippen LogP contribution in [0.2, 0.25) is 0 Å². The van der Waals surface area contributed by atoms with Crippen LogP contribution >= 0.6 is 0 Å². The van der Waals surface area contributed by atoms with Crippen molar-refractivity contribution >= 4 is 0 Å². The normalized spacial score (nSPS) is 44.2. The van der Waals surface area contributed by atoms with E-state index in [1.807, 2.05) is 0 Å². The summed E-state index contributed by atoms with van der Waals surface area (Å²) in [6.45, 7) is 7.21. The third kappa shape index (κ3) is 2.54. The van der Waals surface area contributed by atoms with E-state index in [0.717, 1.165) is 12.0 Å². The molecule has 0 aromatic heterocycles. The number of rotatable bonds is 1. The van der Waals surface area contributed by atoms with Crippen LogP contribution in [-0.2, 0) is 0 Å². The first kappa shape index (κ1) is 11.4. The molecule has 2 aliphatic rings. The SMILES string of the molecule is CC1CN(C2CCCCC2C)CCC1N. The van der Waals surface area contributed by atoms with E-state index < -0.39 is 0 Å². The summed E-state index contributed by atoms with van der Waals surface area (Å²) in [4.78, 5) is 2.72. The molecule has 0 aromatic carbocycles. The smallest absolute Gasteiger partial charge is 0.0121 e. The van der Waals surface area contributed by atoms with Gasteiger partial charge in [0.25, 0.3) is 0 Å². The van der Waals surface area contributed by atoms with Crippen molar-refractivity contribution in [3.05, 3.63) is 0 Å². The molecule has 1 saturated carbocycles. The molecule has 15 heavy (non-hydrogen) atoms. The van der Waals surface area contributed by atoms with Crippen molar-refractivity contribution in [2.24, 2.45) is 17.6 Å². The van der Waals surface area contributed by atoms with Crippen molar-refractivity contribution in [2.75, 3.05) is 13.1 Å². The molecule has 0 spiro atoms. The highest BCUT2D eigenvalue weighted by Crippen LogP contribution is 2.30. The number of likely N-dealkylation sites (tertiary alicyclic amines) is 1. The fourth-order valence-electron chi connectivity index (χ4n) is 3.34. The lowest BCUT2D eigenvalue weighted by atomic mass is 9.82. The predicted molar refractivity (Wildman–Crippen MR) is 64.7 cm³/mol. The molecular weight excluding hydrogens is 184 g/mol. The minimum absolute atomic E-state index is 0.445. The quantitative estimate of drug-likeness (QED) is 0.719. The second-order valence-electron chi connectivity index (χ2n) is 5.75. The molecule has 1 saturated heterocycles. The van der Waals surface area contributed by atoms with Gasteiger partial charge in [-0.3, -0.25) is 4.90 Å².